The van der Waals surface area contributed by atoms with E-state index in [4.69, 9.17) is 16.9 Å². The van der Waals surface area contributed by atoms with Crippen LogP contribution in [0.2, 0.25) is 5.02 Å². The van der Waals surface area contributed by atoms with Crippen molar-refractivity contribution in [1.82, 2.24) is 4.90 Å². The van der Waals surface area contributed by atoms with E-state index in [-0.39, 0.29) is 31.1 Å². The SMILES string of the molecule is CN(CC(=O)N(CCC#N)c1ccccc1F)Cc1ccc(Cl)cc1. The lowest BCUT2D eigenvalue weighted by atomic mass is 10.2. The highest BCUT2D eigenvalue weighted by Gasteiger charge is 2.20. The predicted octanol–water partition coefficient (Wildman–Crippen LogP) is 3.86. The first-order valence-electron chi connectivity index (χ1n) is 7.86. The maximum absolute atomic E-state index is 14.0. The van der Waals surface area contributed by atoms with Crippen LogP contribution in [0.5, 0.6) is 0 Å². The van der Waals surface area contributed by atoms with Crippen LogP contribution in [0.4, 0.5) is 10.1 Å². The third kappa shape index (κ3) is 5.56. The van der Waals surface area contributed by atoms with E-state index in [1.54, 1.807) is 30.3 Å². The second kappa shape index (κ2) is 9.16. The monoisotopic (exact) mass is 359 g/mol. The van der Waals surface area contributed by atoms with Gasteiger partial charge in [0.05, 0.1) is 24.7 Å². The fourth-order valence-corrected chi connectivity index (χ4v) is 2.61. The van der Waals surface area contributed by atoms with E-state index in [1.165, 1.54) is 11.0 Å². The van der Waals surface area contributed by atoms with E-state index in [1.807, 2.05) is 30.1 Å². The molecular formula is C19H19ClFN3O. The zero-order valence-corrected chi connectivity index (χ0v) is 14.7. The summed E-state index contributed by atoms with van der Waals surface area (Å²) < 4.78 is 14.0. The number of anilines is 1. The van der Waals surface area contributed by atoms with Gasteiger partial charge in [0.1, 0.15) is 5.82 Å². The fraction of sp³-hybridized carbons (Fsp3) is 0.263. The Hall–Kier alpha value is -2.42. The number of rotatable bonds is 7. The second-order valence-electron chi connectivity index (χ2n) is 5.70. The number of likely N-dealkylation sites (N-methyl/N-ethyl adjacent to an activating group) is 1. The zero-order chi connectivity index (χ0) is 18.2. The summed E-state index contributed by atoms with van der Waals surface area (Å²) in [5.41, 5.74) is 1.22. The van der Waals surface area contributed by atoms with Crippen molar-refractivity contribution in [3.05, 3.63) is 64.9 Å². The second-order valence-corrected chi connectivity index (χ2v) is 6.14. The number of carbonyl (C=O) groups excluding carboxylic acids is 1. The Morgan fingerprint density at radius 3 is 2.52 bits per heavy atom. The van der Waals surface area contributed by atoms with Gasteiger partial charge in [0.15, 0.2) is 0 Å². The minimum atomic E-state index is -0.478. The molecule has 25 heavy (non-hydrogen) atoms. The van der Waals surface area contributed by atoms with E-state index >= 15 is 0 Å². The summed E-state index contributed by atoms with van der Waals surface area (Å²) in [5.74, 6) is -0.731. The lowest BCUT2D eigenvalue weighted by Crippen LogP contribution is -2.40. The molecule has 0 aliphatic rings. The molecule has 0 radical (unpaired) electrons. The highest BCUT2D eigenvalue weighted by atomic mass is 35.5. The van der Waals surface area contributed by atoms with Crippen LogP contribution in [0.25, 0.3) is 0 Å². The van der Waals surface area contributed by atoms with Crippen molar-refractivity contribution in [3.8, 4) is 6.07 Å². The van der Waals surface area contributed by atoms with Gasteiger partial charge in [0.25, 0.3) is 0 Å². The summed E-state index contributed by atoms with van der Waals surface area (Å²) in [6, 6.07) is 15.5. The van der Waals surface area contributed by atoms with Gasteiger partial charge in [-0.3, -0.25) is 9.69 Å². The van der Waals surface area contributed by atoms with Gasteiger partial charge < -0.3 is 4.90 Å². The number of nitriles is 1. The normalized spacial score (nSPS) is 10.5. The maximum atomic E-state index is 14.0. The number of amides is 1. The molecule has 1 amide bonds. The van der Waals surface area contributed by atoms with Gasteiger partial charge in [-0.15, -0.1) is 0 Å². The number of hydrogen-bond donors (Lipinski definition) is 0. The third-order valence-corrected chi connectivity index (χ3v) is 3.91. The quantitative estimate of drug-likeness (QED) is 0.754. The molecule has 6 heteroatoms. The number of halogens is 2. The van der Waals surface area contributed by atoms with Crippen LogP contribution in [-0.2, 0) is 11.3 Å². The molecule has 0 atom stereocenters. The molecule has 2 aromatic carbocycles. The maximum Gasteiger partial charge on any atom is 0.241 e. The topological polar surface area (TPSA) is 47.3 Å². The van der Waals surface area contributed by atoms with E-state index in [2.05, 4.69) is 0 Å². The van der Waals surface area contributed by atoms with Crippen LogP contribution in [0.15, 0.2) is 48.5 Å². The van der Waals surface area contributed by atoms with Crippen molar-refractivity contribution in [2.75, 3.05) is 25.0 Å². The van der Waals surface area contributed by atoms with Gasteiger partial charge in [-0.05, 0) is 36.9 Å². The Bertz CT molecular complexity index is 758. The molecule has 0 aromatic heterocycles. The van der Waals surface area contributed by atoms with Crippen LogP contribution in [0.1, 0.15) is 12.0 Å². The number of benzene rings is 2. The predicted molar refractivity (Wildman–Crippen MR) is 96.8 cm³/mol. The molecule has 0 spiro atoms. The van der Waals surface area contributed by atoms with Crippen molar-refractivity contribution in [2.45, 2.75) is 13.0 Å². The number of carbonyl (C=O) groups is 1. The van der Waals surface area contributed by atoms with Crippen molar-refractivity contribution in [2.24, 2.45) is 0 Å². The molecule has 0 bridgehead atoms. The van der Waals surface area contributed by atoms with Crippen LogP contribution >= 0.6 is 11.6 Å². The van der Waals surface area contributed by atoms with E-state index in [9.17, 15) is 9.18 Å². The Balaban J connectivity index is 2.07. The Morgan fingerprint density at radius 1 is 1.20 bits per heavy atom. The molecule has 2 aromatic rings. The smallest absolute Gasteiger partial charge is 0.241 e. The Kier molecular flexibility index (Phi) is 6.93. The molecule has 4 nitrogen and oxygen atoms in total. The lowest BCUT2D eigenvalue weighted by Gasteiger charge is -2.25. The van der Waals surface area contributed by atoms with Gasteiger partial charge in [-0.1, -0.05) is 35.9 Å². The van der Waals surface area contributed by atoms with Gasteiger partial charge in [-0.2, -0.15) is 5.26 Å². The minimum absolute atomic E-state index is 0.113. The van der Waals surface area contributed by atoms with Crippen LogP contribution in [0.3, 0.4) is 0 Å². The molecule has 0 unspecified atom stereocenters. The van der Waals surface area contributed by atoms with Gasteiger partial charge in [0, 0.05) is 18.1 Å². The third-order valence-electron chi connectivity index (χ3n) is 3.66. The Morgan fingerprint density at radius 2 is 1.88 bits per heavy atom. The van der Waals surface area contributed by atoms with E-state index in [0.29, 0.717) is 11.6 Å². The molecule has 0 saturated carbocycles. The fourth-order valence-electron chi connectivity index (χ4n) is 2.49. The van der Waals surface area contributed by atoms with Gasteiger partial charge in [0.2, 0.25) is 5.91 Å². The van der Waals surface area contributed by atoms with Crippen LogP contribution in [-0.4, -0.2) is 30.9 Å². The summed E-state index contributed by atoms with van der Waals surface area (Å²) in [5, 5.41) is 9.47. The molecule has 0 aliphatic heterocycles. The highest BCUT2D eigenvalue weighted by molar-refractivity contribution is 6.30. The molecule has 130 valence electrons. The molecule has 0 heterocycles. The van der Waals surface area contributed by atoms with Crippen molar-refractivity contribution in [1.29, 1.82) is 5.26 Å². The molecule has 0 saturated heterocycles. The summed E-state index contributed by atoms with van der Waals surface area (Å²) in [4.78, 5) is 15.8. The molecular weight excluding hydrogens is 341 g/mol. The Labute approximate surface area is 152 Å². The average Bonchev–Trinajstić information content (AvgIpc) is 2.58. The minimum Gasteiger partial charge on any atom is -0.308 e. The first-order chi connectivity index (χ1) is 12.0. The summed E-state index contributed by atoms with van der Waals surface area (Å²) in [6.45, 7) is 0.833. The van der Waals surface area contributed by atoms with Gasteiger partial charge in [-0.25, -0.2) is 4.39 Å². The molecule has 0 aliphatic carbocycles. The van der Waals surface area contributed by atoms with E-state index in [0.717, 1.165) is 5.56 Å². The van der Waals surface area contributed by atoms with Crippen LogP contribution < -0.4 is 4.90 Å². The number of hydrogen-bond acceptors (Lipinski definition) is 3. The summed E-state index contributed by atoms with van der Waals surface area (Å²) >= 11 is 5.87. The van der Waals surface area contributed by atoms with Crippen molar-refractivity contribution < 1.29 is 9.18 Å². The summed E-state index contributed by atoms with van der Waals surface area (Å²) in [7, 11) is 1.82. The van der Waals surface area contributed by atoms with Crippen LogP contribution in [0, 0.1) is 17.1 Å². The molecule has 0 N–H and O–H groups in total. The first kappa shape index (κ1) is 18.9. The summed E-state index contributed by atoms with van der Waals surface area (Å²) in [6.07, 6.45) is 0.140. The highest BCUT2D eigenvalue weighted by Crippen LogP contribution is 2.19. The largest absolute Gasteiger partial charge is 0.308 e. The number of para-hydroxylation sites is 1. The lowest BCUT2D eigenvalue weighted by molar-refractivity contribution is -0.119. The van der Waals surface area contributed by atoms with Crippen molar-refractivity contribution >= 4 is 23.2 Å². The average molecular weight is 360 g/mol. The zero-order valence-electron chi connectivity index (χ0n) is 14.0. The molecule has 2 rings (SSSR count). The van der Waals surface area contributed by atoms with Crippen molar-refractivity contribution in [3.63, 3.8) is 0 Å². The molecule has 0 fully saturated rings. The number of nitrogens with zero attached hydrogens (tertiary/aromatic N) is 3. The van der Waals surface area contributed by atoms with Gasteiger partial charge >= 0.3 is 0 Å². The standard InChI is InChI=1S/C19H19ClFN3O/c1-23(13-15-7-9-16(20)10-8-15)14-19(25)24(12-4-11-22)18-6-3-2-5-17(18)21/h2-3,5-10H,4,12-14H2,1H3. The van der Waals surface area contributed by atoms with E-state index < -0.39 is 5.82 Å². The first-order valence-corrected chi connectivity index (χ1v) is 8.24.